The van der Waals surface area contributed by atoms with Crippen molar-refractivity contribution < 1.29 is 23.8 Å². The molecule has 8 heteroatoms. The van der Waals surface area contributed by atoms with E-state index in [4.69, 9.17) is 14.2 Å². The number of benzene rings is 2. The van der Waals surface area contributed by atoms with Gasteiger partial charge in [-0.25, -0.2) is 0 Å². The SMILES string of the molecule is COC(=O)Cn1c(=NC(=O)Cc2cc(C)ccc2C)sc2c(OC)ccc(OC)c21. The van der Waals surface area contributed by atoms with Crippen molar-refractivity contribution in [2.24, 2.45) is 4.99 Å². The van der Waals surface area contributed by atoms with E-state index in [2.05, 4.69) is 4.99 Å². The van der Waals surface area contributed by atoms with Crippen LogP contribution in [-0.2, 0) is 27.3 Å². The van der Waals surface area contributed by atoms with Gasteiger partial charge in [0, 0.05) is 0 Å². The number of aryl methyl sites for hydroxylation is 2. The first-order valence-corrected chi connectivity index (χ1v) is 10.1. The van der Waals surface area contributed by atoms with Crippen molar-refractivity contribution in [2.75, 3.05) is 21.3 Å². The molecular formula is C22H24N2O5S. The minimum atomic E-state index is -0.456. The van der Waals surface area contributed by atoms with E-state index in [1.54, 1.807) is 30.9 Å². The third-order valence-electron chi connectivity index (χ3n) is 4.77. The summed E-state index contributed by atoms with van der Waals surface area (Å²) in [5, 5.41) is 0. The van der Waals surface area contributed by atoms with Gasteiger partial charge in [-0.2, -0.15) is 4.99 Å². The Balaban J connectivity index is 2.15. The van der Waals surface area contributed by atoms with Gasteiger partial charge in [-0.15, -0.1) is 0 Å². The fourth-order valence-corrected chi connectivity index (χ4v) is 4.34. The summed E-state index contributed by atoms with van der Waals surface area (Å²) in [4.78, 5) is 29.5. The molecule has 0 N–H and O–H groups in total. The molecule has 1 amide bonds. The maximum Gasteiger partial charge on any atom is 0.325 e. The van der Waals surface area contributed by atoms with E-state index in [1.165, 1.54) is 18.4 Å². The standard InChI is InChI=1S/C22H24N2O5S/c1-13-6-7-14(2)15(10-13)11-18(25)23-22-24(12-19(26)29-5)20-16(27-3)8-9-17(28-4)21(20)30-22/h6-10H,11-12H2,1-5H3. The fourth-order valence-electron chi connectivity index (χ4n) is 3.18. The Morgan fingerprint density at radius 3 is 2.40 bits per heavy atom. The van der Waals surface area contributed by atoms with Gasteiger partial charge in [0.2, 0.25) is 0 Å². The lowest BCUT2D eigenvalue weighted by Crippen LogP contribution is -2.23. The summed E-state index contributed by atoms with van der Waals surface area (Å²) in [6, 6.07) is 9.52. The average molecular weight is 429 g/mol. The van der Waals surface area contributed by atoms with Gasteiger partial charge >= 0.3 is 5.97 Å². The van der Waals surface area contributed by atoms with Crippen molar-refractivity contribution in [2.45, 2.75) is 26.8 Å². The van der Waals surface area contributed by atoms with Crippen molar-refractivity contribution in [3.63, 3.8) is 0 Å². The Morgan fingerprint density at radius 2 is 1.73 bits per heavy atom. The molecule has 0 atom stereocenters. The number of carbonyl (C=O) groups excluding carboxylic acids is 2. The third-order valence-corrected chi connectivity index (χ3v) is 5.87. The predicted octanol–water partition coefficient (Wildman–Crippen LogP) is 3.18. The molecule has 0 fully saturated rings. The number of rotatable bonds is 6. The molecule has 0 aliphatic rings. The van der Waals surface area contributed by atoms with Crippen LogP contribution >= 0.6 is 11.3 Å². The number of methoxy groups -OCH3 is 3. The van der Waals surface area contributed by atoms with Crippen LogP contribution < -0.4 is 14.3 Å². The molecule has 0 bridgehead atoms. The summed E-state index contributed by atoms with van der Waals surface area (Å²) in [5.41, 5.74) is 3.68. The molecule has 3 aromatic rings. The largest absolute Gasteiger partial charge is 0.495 e. The van der Waals surface area contributed by atoms with Crippen molar-refractivity contribution in [3.8, 4) is 11.5 Å². The topological polar surface area (TPSA) is 79.1 Å². The minimum absolute atomic E-state index is 0.102. The number of carbonyl (C=O) groups is 2. The van der Waals surface area contributed by atoms with Crippen LogP contribution in [0.15, 0.2) is 35.3 Å². The Labute approximate surface area is 178 Å². The highest BCUT2D eigenvalue weighted by Crippen LogP contribution is 2.35. The van der Waals surface area contributed by atoms with Gasteiger partial charge in [0.1, 0.15) is 28.3 Å². The summed E-state index contributed by atoms with van der Waals surface area (Å²) in [7, 11) is 4.43. The highest BCUT2D eigenvalue weighted by Gasteiger charge is 2.19. The molecule has 1 aromatic heterocycles. The van der Waals surface area contributed by atoms with E-state index in [0.717, 1.165) is 21.4 Å². The summed E-state index contributed by atoms with van der Waals surface area (Å²) < 4.78 is 18.1. The number of hydrogen-bond donors (Lipinski definition) is 0. The molecule has 7 nitrogen and oxygen atoms in total. The van der Waals surface area contributed by atoms with Gasteiger partial charge in [-0.3, -0.25) is 9.59 Å². The zero-order valence-electron chi connectivity index (χ0n) is 17.6. The number of fused-ring (bicyclic) bond motifs is 1. The number of hydrogen-bond acceptors (Lipinski definition) is 6. The van der Waals surface area contributed by atoms with Crippen LogP contribution in [0.5, 0.6) is 11.5 Å². The zero-order chi connectivity index (χ0) is 21.8. The third kappa shape index (κ3) is 4.38. The molecule has 0 aliphatic carbocycles. The smallest absolute Gasteiger partial charge is 0.325 e. The van der Waals surface area contributed by atoms with Crippen LogP contribution in [0.25, 0.3) is 10.2 Å². The van der Waals surface area contributed by atoms with Crippen LogP contribution in [0, 0.1) is 13.8 Å². The quantitative estimate of drug-likeness (QED) is 0.564. The van der Waals surface area contributed by atoms with E-state index in [9.17, 15) is 9.59 Å². The first-order chi connectivity index (χ1) is 14.4. The van der Waals surface area contributed by atoms with E-state index < -0.39 is 5.97 Å². The monoisotopic (exact) mass is 428 g/mol. The second kappa shape index (κ2) is 9.13. The van der Waals surface area contributed by atoms with E-state index >= 15 is 0 Å². The molecule has 0 radical (unpaired) electrons. The normalized spacial score (nSPS) is 11.6. The van der Waals surface area contributed by atoms with Crippen LogP contribution in [0.2, 0.25) is 0 Å². The summed E-state index contributed by atoms with van der Waals surface area (Å²) in [6.45, 7) is 3.85. The molecule has 0 saturated carbocycles. The first kappa shape index (κ1) is 21.6. The number of esters is 1. The first-order valence-electron chi connectivity index (χ1n) is 9.32. The van der Waals surface area contributed by atoms with Gasteiger partial charge in [0.25, 0.3) is 5.91 Å². The van der Waals surface area contributed by atoms with E-state index in [1.807, 2.05) is 32.0 Å². The van der Waals surface area contributed by atoms with Gasteiger partial charge in [-0.05, 0) is 37.1 Å². The minimum Gasteiger partial charge on any atom is -0.495 e. The summed E-state index contributed by atoms with van der Waals surface area (Å²) >= 11 is 1.27. The maximum atomic E-state index is 12.8. The van der Waals surface area contributed by atoms with E-state index in [-0.39, 0.29) is 18.9 Å². The Kier molecular flexibility index (Phi) is 6.56. The molecule has 2 aromatic carbocycles. The van der Waals surface area contributed by atoms with Crippen LogP contribution in [0.1, 0.15) is 16.7 Å². The number of ether oxygens (including phenoxy) is 3. The highest BCUT2D eigenvalue weighted by molar-refractivity contribution is 7.16. The Bertz CT molecular complexity index is 1180. The van der Waals surface area contributed by atoms with Crippen molar-refractivity contribution in [3.05, 3.63) is 51.8 Å². The zero-order valence-corrected chi connectivity index (χ0v) is 18.5. The molecule has 1 heterocycles. The molecule has 0 saturated heterocycles. The average Bonchev–Trinajstić information content (AvgIpc) is 3.07. The number of nitrogens with zero attached hydrogens (tertiary/aromatic N) is 2. The summed E-state index contributed by atoms with van der Waals surface area (Å²) in [6.07, 6.45) is 0.175. The van der Waals surface area contributed by atoms with Crippen molar-refractivity contribution in [1.82, 2.24) is 4.57 Å². The van der Waals surface area contributed by atoms with Crippen molar-refractivity contribution >= 4 is 33.4 Å². The number of aromatic nitrogens is 1. The summed E-state index contributed by atoms with van der Waals surface area (Å²) in [5.74, 6) is 0.405. The molecule has 3 rings (SSSR count). The Hall–Kier alpha value is -3.13. The maximum absolute atomic E-state index is 12.8. The second-order valence-electron chi connectivity index (χ2n) is 6.81. The molecule has 0 aliphatic heterocycles. The van der Waals surface area contributed by atoms with Gasteiger partial charge in [0.15, 0.2) is 4.80 Å². The van der Waals surface area contributed by atoms with Crippen LogP contribution in [0.3, 0.4) is 0 Å². The molecular weight excluding hydrogens is 404 g/mol. The van der Waals surface area contributed by atoms with E-state index in [0.29, 0.717) is 21.8 Å². The van der Waals surface area contributed by atoms with Crippen LogP contribution in [-0.4, -0.2) is 37.8 Å². The molecule has 30 heavy (non-hydrogen) atoms. The lowest BCUT2D eigenvalue weighted by molar-refractivity contribution is -0.141. The van der Waals surface area contributed by atoms with Crippen LogP contribution in [0.4, 0.5) is 0 Å². The molecule has 0 spiro atoms. The molecule has 158 valence electrons. The Morgan fingerprint density at radius 1 is 1.03 bits per heavy atom. The lowest BCUT2D eigenvalue weighted by Gasteiger charge is -2.09. The second-order valence-corrected chi connectivity index (χ2v) is 7.78. The van der Waals surface area contributed by atoms with Crippen molar-refractivity contribution in [1.29, 1.82) is 0 Å². The van der Waals surface area contributed by atoms with Gasteiger partial charge in [0.05, 0.1) is 27.8 Å². The van der Waals surface area contributed by atoms with Gasteiger partial charge < -0.3 is 18.8 Å². The number of thiazole rings is 1. The molecule has 0 unspecified atom stereocenters. The lowest BCUT2D eigenvalue weighted by atomic mass is 10.0. The van der Waals surface area contributed by atoms with Gasteiger partial charge in [-0.1, -0.05) is 35.1 Å². The highest BCUT2D eigenvalue weighted by atomic mass is 32.1. The predicted molar refractivity (Wildman–Crippen MR) is 115 cm³/mol. The fraction of sp³-hybridized carbons (Fsp3) is 0.318. The number of amides is 1.